The molecule has 1 aromatic carbocycles. The van der Waals surface area contributed by atoms with E-state index in [1.165, 1.54) is 6.08 Å². The molecule has 4 heteroatoms. The van der Waals surface area contributed by atoms with Gasteiger partial charge in [-0.3, -0.25) is 4.79 Å². The first kappa shape index (κ1) is 15.8. The first-order valence-electron chi connectivity index (χ1n) is 5.99. The lowest BCUT2D eigenvalue weighted by atomic mass is 10.2. The molecule has 0 aromatic heterocycles. The van der Waals surface area contributed by atoms with Gasteiger partial charge in [0, 0.05) is 29.6 Å². The van der Waals surface area contributed by atoms with Crippen molar-refractivity contribution < 1.29 is 4.79 Å². The number of alkyl halides is 1. The number of benzene rings is 1. The Bertz CT molecular complexity index is 452. The van der Waals surface area contributed by atoms with Crippen LogP contribution < -0.4 is 0 Å². The van der Waals surface area contributed by atoms with Crippen molar-refractivity contribution in [2.45, 2.75) is 18.8 Å². The Labute approximate surface area is 124 Å². The lowest BCUT2D eigenvalue weighted by Crippen LogP contribution is -2.29. The van der Waals surface area contributed by atoms with Gasteiger partial charge in [0.25, 0.3) is 0 Å². The highest BCUT2D eigenvalue weighted by Crippen LogP contribution is 2.12. The van der Waals surface area contributed by atoms with Crippen LogP contribution in [-0.2, 0) is 11.3 Å². The SMILES string of the molecule is C=CCN(Cc1ccc(Cl)cc1)C(=O)/C=C/C(C)Cl. The molecule has 0 aliphatic rings. The number of allylic oxidation sites excluding steroid dienone is 1. The Morgan fingerprint density at radius 3 is 2.58 bits per heavy atom. The maximum Gasteiger partial charge on any atom is 0.246 e. The van der Waals surface area contributed by atoms with Gasteiger partial charge in [0.2, 0.25) is 5.91 Å². The largest absolute Gasteiger partial charge is 0.331 e. The molecule has 1 rings (SSSR count). The summed E-state index contributed by atoms with van der Waals surface area (Å²) in [6, 6.07) is 7.42. The molecule has 0 heterocycles. The van der Waals surface area contributed by atoms with E-state index in [-0.39, 0.29) is 11.3 Å². The van der Waals surface area contributed by atoms with Crippen LogP contribution >= 0.6 is 23.2 Å². The van der Waals surface area contributed by atoms with Crippen LogP contribution in [0.1, 0.15) is 12.5 Å². The van der Waals surface area contributed by atoms with E-state index in [0.717, 1.165) is 5.56 Å². The number of hydrogen-bond acceptors (Lipinski definition) is 1. The summed E-state index contributed by atoms with van der Waals surface area (Å²) in [6.45, 7) is 6.48. The Balaban J connectivity index is 2.74. The molecule has 0 radical (unpaired) electrons. The molecule has 0 fully saturated rings. The lowest BCUT2D eigenvalue weighted by Gasteiger charge is -2.19. The van der Waals surface area contributed by atoms with Crippen molar-refractivity contribution in [1.82, 2.24) is 4.90 Å². The molecule has 19 heavy (non-hydrogen) atoms. The Kier molecular flexibility index (Phi) is 6.68. The predicted octanol–water partition coefficient (Wildman–Crippen LogP) is 4.04. The molecule has 1 aromatic rings. The average molecular weight is 298 g/mol. The molecular weight excluding hydrogens is 281 g/mol. The third-order valence-corrected chi connectivity index (χ3v) is 2.85. The van der Waals surface area contributed by atoms with Crippen molar-refractivity contribution in [2.24, 2.45) is 0 Å². The quantitative estimate of drug-likeness (QED) is 0.441. The third-order valence-electron chi connectivity index (χ3n) is 2.45. The highest BCUT2D eigenvalue weighted by Gasteiger charge is 2.09. The van der Waals surface area contributed by atoms with E-state index in [2.05, 4.69) is 6.58 Å². The summed E-state index contributed by atoms with van der Waals surface area (Å²) < 4.78 is 0. The summed E-state index contributed by atoms with van der Waals surface area (Å²) in [5.41, 5.74) is 1.02. The van der Waals surface area contributed by atoms with E-state index in [1.807, 2.05) is 31.2 Å². The number of rotatable bonds is 6. The average Bonchev–Trinajstić information content (AvgIpc) is 2.38. The monoisotopic (exact) mass is 297 g/mol. The number of halogens is 2. The Morgan fingerprint density at radius 1 is 1.42 bits per heavy atom. The lowest BCUT2D eigenvalue weighted by molar-refractivity contribution is -0.126. The van der Waals surface area contributed by atoms with Crippen molar-refractivity contribution >= 4 is 29.1 Å². The summed E-state index contributed by atoms with van der Waals surface area (Å²) in [4.78, 5) is 13.7. The normalized spacial score (nSPS) is 12.4. The second kappa shape index (κ2) is 8.03. The molecular formula is C15H17Cl2NO. The van der Waals surface area contributed by atoms with Crippen LogP contribution in [0.25, 0.3) is 0 Å². The minimum atomic E-state index is -0.162. The van der Waals surface area contributed by atoms with Gasteiger partial charge < -0.3 is 4.90 Å². The van der Waals surface area contributed by atoms with Gasteiger partial charge in [0.15, 0.2) is 0 Å². The molecule has 0 aliphatic heterocycles. The summed E-state index contributed by atoms with van der Waals surface area (Å²) >= 11 is 11.6. The molecule has 0 N–H and O–H groups in total. The zero-order valence-corrected chi connectivity index (χ0v) is 12.4. The van der Waals surface area contributed by atoms with Crippen LogP contribution in [0.15, 0.2) is 49.1 Å². The number of carbonyl (C=O) groups is 1. The van der Waals surface area contributed by atoms with E-state index in [4.69, 9.17) is 23.2 Å². The highest BCUT2D eigenvalue weighted by atomic mass is 35.5. The van der Waals surface area contributed by atoms with Gasteiger partial charge in [-0.15, -0.1) is 18.2 Å². The molecule has 102 valence electrons. The van der Waals surface area contributed by atoms with Gasteiger partial charge in [-0.1, -0.05) is 35.9 Å². The van der Waals surface area contributed by atoms with Crippen LogP contribution in [-0.4, -0.2) is 22.7 Å². The number of nitrogens with zero attached hydrogens (tertiary/aromatic N) is 1. The number of hydrogen-bond donors (Lipinski definition) is 0. The van der Waals surface area contributed by atoms with E-state index in [1.54, 1.807) is 17.1 Å². The minimum Gasteiger partial charge on any atom is -0.331 e. The zero-order chi connectivity index (χ0) is 14.3. The van der Waals surface area contributed by atoms with Crippen LogP contribution in [0.3, 0.4) is 0 Å². The summed E-state index contributed by atoms with van der Waals surface area (Å²) in [6.07, 6.45) is 4.87. The van der Waals surface area contributed by atoms with Crippen LogP contribution in [0.2, 0.25) is 5.02 Å². The standard InChI is InChI=1S/C15H17Cl2NO/c1-3-10-18(15(19)9-4-12(2)16)11-13-5-7-14(17)8-6-13/h3-9,12H,1,10-11H2,2H3/b9-4+. The van der Waals surface area contributed by atoms with Gasteiger partial charge in [0.1, 0.15) is 0 Å². The number of amides is 1. The van der Waals surface area contributed by atoms with Crippen molar-refractivity contribution in [2.75, 3.05) is 6.54 Å². The molecule has 1 atom stereocenters. The molecule has 0 bridgehead atoms. The van der Waals surface area contributed by atoms with Gasteiger partial charge >= 0.3 is 0 Å². The molecule has 0 spiro atoms. The van der Waals surface area contributed by atoms with E-state index < -0.39 is 0 Å². The summed E-state index contributed by atoms with van der Waals surface area (Å²) in [7, 11) is 0. The van der Waals surface area contributed by atoms with Crippen LogP contribution in [0.4, 0.5) is 0 Å². The van der Waals surface area contributed by atoms with Crippen molar-refractivity contribution in [3.8, 4) is 0 Å². The Hall–Kier alpha value is -1.25. The first-order valence-corrected chi connectivity index (χ1v) is 6.81. The molecule has 1 unspecified atom stereocenters. The fraction of sp³-hybridized carbons (Fsp3) is 0.267. The second-order valence-electron chi connectivity index (χ2n) is 4.17. The van der Waals surface area contributed by atoms with Crippen LogP contribution in [0.5, 0.6) is 0 Å². The molecule has 0 saturated carbocycles. The van der Waals surface area contributed by atoms with Gasteiger partial charge in [-0.25, -0.2) is 0 Å². The fourth-order valence-electron chi connectivity index (χ4n) is 1.52. The third kappa shape index (κ3) is 5.95. The van der Waals surface area contributed by atoms with Crippen molar-refractivity contribution in [3.63, 3.8) is 0 Å². The fourth-order valence-corrected chi connectivity index (χ4v) is 1.72. The Morgan fingerprint density at radius 2 is 2.05 bits per heavy atom. The highest BCUT2D eigenvalue weighted by molar-refractivity contribution is 6.30. The van der Waals surface area contributed by atoms with E-state index in [0.29, 0.717) is 18.1 Å². The smallest absolute Gasteiger partial charge is 0.246 e. The molecule has 0 saturated heterocycles. The van der Waals surface area contributed by atoms with Crippen molar-refractivity contribution in [3.05, 3.63) is 59.7 Å². The minimum absolute atomic E-state index is 0.0812. The molecule has 1 amide bonds. The zero-order valence-electron chi connectivity index (χ0n) is 10.9. The van der Waals surface area contributed by atoms with Gasteiger partial charge in [-0.05, 0) is 24.6 Å². The van der Waals surface area contributed by atoms with Gasteiger partial charge in [0.05, 0.1) is 0 Å². The summed E-state index contributed by atoms with van der Waals surface area (Å²) in [5, 5.41) is 0.520. The maximum absolute atomic E-state index is 12.0. The first-order chi connectivity index (χ1) is 9.02. The van der Waals surface area contributed by atoms with Crippen LogP contribution in [0, 0.1) is 0 Å². The molecule has 2 nitrogen and oxygen atoms in total. The maximum atomic E-state index is 12.0. The van der Waals surface area contributed by atoms with E-state index >= 15 is 0 Å². The second-order valence-corrected chi connectivity index (χ2v) is 5.30. The summed E-state index contributed by atoms with van der Waals surface area (Å²) in [5.74, 6) is -0.0812. The molecule has 0 aliphatic carbocycles. The predicted molar refractivity (Wildman–Crippen MR) is 81.5 cm³/mol. The van der Waals surface area contributed by atoms with Crippen molar-refractivity contribution in [1.29, 1.82) is 0 Å². The topological polar surface area (TPSA) is 20.3 Å². The van der Waals surface area contributed by atoms with E-state index in [9.17, 15) is 4.79 Å². The van der Waals surface area contributed by atoms with Gasteiger partial charge in [-0.2, -0.15) is 0 Å². The number of carbonyl (C=O) groups excluding carboxylic acids is 1.